The number of carbonyl (C=O) groups excluding carboxylic acids is 1. The Bertz CT molecular complexity index is 562. The van der Waals surface area contributed by atoms with Crippen molar-refractivity contribution in [3.05, 3.63) is 16.7 Å². The van der Waals surface area contributed by atoms with E-state index in [1.165, 1.54) is 0 Å². The summed E-state index contributed by atoms with van der Waals surface area (Å²) in [6, 6.07) is 1.64. The van der Waals surface area contributed by atoms with Crippen LogP contribution in [0.2, 0.25) is 5.02 Å². The summed E-state index contributed by atoms with van der Waals surface area (Å²) in [5.41, 5.74) is -0.189. The molecule has 1 aromatic rings. The van der Waals surface area contributed by atoms with Crippen LogP contribution in [0.5, 0.6) is 17.2 Å². The molecule has 0 unspecified atom stereocenters. The number of fused-ring (bicyclic) bond motifs is 1. The summed E-state index contributed by atoms with van der Waals surface area (Å²) in [7, 11) is 0. The van der Waals surface area contributed by atoms with Crippen LogP contribution in [0, 0.1) is 0 Å². The minimum atomic E-state index is -0.689. The molecule has 18 heavy (non-hydrogen) atoms. The van der Waals surface area contributed by atoms with Gasteiger partial charge >= 0.3 is 0 Å². The van der Waals surface area contributed by atoms with Crippen LogP contribution >= 0.6 is 11.6 Å². The number of aromatic hydroxyl groups is 1. The summed E-state index contributed by atoms with van der Waals surface area (Å²) < 4.78 is 10.8. The lowest BCUT2D eigenvalue weighted by Crippen LogP contribution is -2.16. The lowest BCUT2D eigenvalue weighted by atomic mass is 10.0. The summed E-state index contributed by atoms with van der Waals surface area (Å²) in [5.74, 6) is 0.721. The quantitative estimate of drug-likeness (QED) is 0.658. The highest BCUT2D eigenvalue weighted by molar-refractivity contribution is 6.34. The minimum absolute atomic E-state index is 0.0996. The third-order valence-electron chi connectivity index (χ3n) is 3.23. The van der Waals surface area contributed by atoms with Crippen LogP contribution in [0.3, 0.4) is 0 Å². The number of hydrogen-bond donors (Lipinski definition) is 1. The van der Waals surface area contributed by atoms with Crippen molar-refractivity contribution in [1.29, 1.82) is 0 Å². The average molecular weight is 268 g/mol. The molecular weight excluding hydrogens is 258 g/mol. The van der Waals surface area contributed by atoms with Crippen molar-refractivity contribution in [2.24, 2.45) is 4.99 Å². The van der Waals surface area contributed by atoms with Crippen LogP contribution in [0.15, 0.2) is 11.1 Å². The average Bonchev–Trinajstić information content (AvgIpc) is 3.15. The van der Waals surface area contributed by atoms with E-state index in [2.05, 4.69) is 4.99 Å². The Morgan fingerprint density at radius 3 is 2.78 bits per heavy atom. The molecular formula is C12H10ClNO4. The SMILES string of the molecule is O=C=NC1(c2cc3c(c(Cl)c2O)OCCO3)CC1. The largest absolute Gasteiger partial charge is 0.506 e. The smallest absolute Gasteiger partial charge is 0.235 e. The normalized spacial score (nSPS) is 18.9. The van der Waals surface area contributed by atoms with Crippen LogP contribution in [-0.4, -0.2) is 24.4 Å². The molecule has 1 aromatic carbocycles. The summed E-state index contributed by atoms with van der Waals surface area (Å²) in [6.07, 6.45) is 2.92. The molecule has 1 N–H and O–H groups in total. The van der Waals surface area contributed by atoms with Crippen LogP contribution in [0.4, 0.5) is 0 Å². The van der Waals surface area contributed by atoms with E-state index in [0.29, 0.717) is 43.1 Å². The molecule has 5 nitrogen and oxygen atoms in total. The molecule has 0 atom stereocenters. The number of nitrogens with zero attached hydrogens (tertiary/aromatic N) is 1. The van der Waals surface area contributed by atoms with E-state index >= 15 is 0 Å². The van der Waals surface area contributed by atoms with E-state index in [1.54, 1.807) is 12.1 Å². The molecule has 1 saturated carbocycles. The van der Waals surface area contributed by atoms with Gasteiger partial charge in [0.15, 0.2) is 11.5 Å². The van der Waals surface area contributed by atoms with E-state index < -0.39 is 5.54 Å². The fraction of sp³-hybridized carbons (Fsp3) is 0.417. The molecule has 1 heterocycles. The molecule has 0 spiro atoms. The lowest BCUT2D eigenvalue weighted by Gasteiger charge is -2.22. The van der Waals surface area contributed by atoms with Gasteiger partial charge in [0.05, 0.1) is 0 Å². The Labute approximate surface area is 108 Å². The number of hydrogen-bond acceptors (Lipinski definition) is 5. The number of phenolic OH excluding ortho intramolecular Hbond substituents is 1. The molecule has 2 aliphatic rings. The standard InChI is InChI=1S/C12H10ClNO4/c13-9-10(16)7(12(1-2-12)14-6-15)5-8-11(9)18-4-3-17-8/h5,16H,1-4H2. The van der Waals surface area contributed by atoms with E-state index in [4.69, 9.17) is 21.1 Å². The van der Waals surface area contributed by atoms with Gasteiger partial charge < -0.3 is 14.6 Å². The fourth-order valence-corrected chi connectivity index (χ4v) is 2.39. The van der Waals surface area contributed by atoms with Gasteiger partial charge in [0, 0.05) is 5.56 Å². The number of rotatable bonds is 2. The van der Waals surface area contributed by atoms with E-state index in [1.807, 2.05) is 0 Å². The lowest BCUT2D eigenvalue weighted by molar-refractivity contribution is 0.170. The molecule has 0 amide bonds. The predicted octanol–water partition coefficient (Wildman–Crippen LogP) is 2.14. The highest BCUT2D eigenvalue weighted by Gasteiger charge is 2.48. The third-order valence-corrected chi connectivity index (χ3v) is 3.58. The number of benzene rings is 1. The van der Waals surface area contributed by atoms with Gasteiger partial charge in [-0.15, -0.1) is 0 Å². The number of aliphatic imine (C=N–C) groups is 1. The molecule has 6 heteroatoms. The van der Waals surface area contributed by atoms with E-state index in [0.717, 1.165) is 0 Å². The minimum Gasteiger partial charge on any atom is -0.506 e. The van der Waals surface area contributed by atoms with E-state index in [-0.39, 0.29) is 10.8 Å². The van der Waals surface area contributed by atoms with Gasteiger partial charge in [-0.2, -0.15) is 4.99 Å². The number of halogens is 1. The first-order chi connectivity index (χ1) is 8.68. The van der Waals surface area contributed by atoms with Gasteiger partial charge in [-0.25, -0.2) is 4.79 Å². The van der Waals surface area contributed by atoms with Gasteiger partial charge in [0.25, 0.3) is 0 Å². The van der Waals surface area contributed by atoms with E-state index in [9.17, 15) is 9.90 Å². The highest BCUT2D eigenvalue weighted by Crippen LogP contribution is 2.57. The Morgan fingerprint density at radius 1 is 1.39 bits per heavy atom. The molecule has 1 aliphatic carbocycles. The molecule has 1 aliphatic heterocycles. The maximum absolute atomic E-state index is 10.5. The van der Waals surface area contributed by atoms with Crippen LogP contribution in [0.25, 0.3) is 0 Å². The zero-order valence-electron chi connectivity index (χ0n) is 9.40. The van der Waals surface area contributed by atoms with Crippen molar-refractivity contribution < 1.29 is 19.4 Å². The van der Waals surface area contributed by atoms with Crippen LogP contribution in [-0.2, 0) is 10.3 Å². The van der Waals surface area contributed by atoms with Gasteiger partial charge in [0.1, 0.15) is 29.5 Å². The van der Waals surface area contributed by atoms with Crippen molar-refractivity contribution in [3.63, 3.8) is 0 Å². The second-order valence-electron chi connectivity index (χ2n) is 4.35. The fourth-order valence-electron chi connectivity index (χ4n) is 2.14. The molecule has 94 valence electrons. The van der Waals surface area contributed by atoms with Crippen LogP contribution < -0.4 is 9.47 Å². The number of ether oxygens (including phenoxy) is 2. The second-order valence-corrected chi connectivity index (χ2v) is 4.72. The Balaban J connectivity index is 2.16. The Morgan fingerprint density at radius 2 is 2.11 bits per heavy atom. The zero-order chi connectivity index (χ0) is 12.8. The summed E-state index contributed by atoms with van der Waals surface area (Å²) in [6.45, 7) is 0.820. The molecule has 0 aromatic heterocycles. The number of phenols is 1. The second kappa shape index (κ2) is 3.90. The van der Waals surface area contributed by atoms with Gasteiger partial charge in [-0.05, 0) is 18.9 Å². The Kier molecular flexibility index (Phi) is 2.47. The van der Waals surface area contributed by atoms with Gasteiger partial charge in [-0.1, -0.05) is 11.6 Å². The van der Waals surface area contributed by atoms with Crippen LogP contribution in [0.1, 0.15) is 18.4 Å². The monoisotopic (exact) mass is 267 g/mol. The van der Waals surface area contributed by atoms with Crippen molar-refractivity contribution in [3.8, 4) is 17.2 Å². The predicted molar refractivity (Wildman–Crippen MR) is 63.1 cm³/mol. The molecule has 1 fully saturated rings. The van der Waals surface area contributed by atoms with Crippen molar-refractivity contribution in [2.75, 3.05) is 13.2 Å². The Hall–Kier alpha value is -1.71. The molecule has 0 bridgehead atoms. The first-order valence-electron chi connectivity index (χ1n) is 5.58. The zero-order valence-corrected chi connectivity index (χ0v) is 10.2. The maximum Gasteiger partial charge on any atom is 0.235 e. The van der Waals surface area contributed by atoms with Crippen molar-refractivity contribution >= 4 is 17.7 Å². The molecule has 3 rings (SSSR count). The third kappa shape index (κ3) is 1.55. The van der Waals surface area contributed by atoms with Crippen molar-refractivity contribution in [1.82, 2.24) is 0 Å². The molecule has 0 saturated heterocycles. The van der Waals surface area contributed by atoms with Gasteiger partial charge in [0.2, 0.25) is 6.08 Å². The van der Waals surface area contributed by atoms with Crippen molar-refractivity contribution in [2.45, 2.75) is 18.4 Å². The highest BCUT2D eigenvalue weighted by atomic mass is 35.5. The van der Waals surface area contributed by atoms with Gasteiger partial charge in [-0.3, -0.25) is 0 Å². The summed E-state index contributed by atoms with van der Waals surface area (Å²) in [4.78, 5) is 14.2. The maximum atomic E-state index is 10.5. The topological polar surface area (TPSA) is 68.1 Å². The first kappa shape index (κ1) is 11.4. The number of isocyanates is 1. The summed E-state index contributed by atoms with van der Waals surface area (Å²) >= 11 is 6.06. The summed E-state index contributed by atoms with van der Waals surface area (Å²) in [5, 5.41) is 10.2. The first-order valence-corrected chi connectivity index (χ1v) is 5.96. The molecule has 0 radical (unpaired) electrons.